The number of rotatable bonds is 3. The van der Waals surface area contributed by atoms with Crippen molar-refractivity contribution in [3.63, 3.8) is 0 Å². The van der Waals surface area contributed by atoms with Gasteiger partial charge in [0.25, 0.3) is 5.92 Å². The van der Waals surface area contributed by atoms with E-state index < -0.39 is 12.0 Å². The molecule has 0 saturated carbocycles. The Hall–Kier alpha value is -0.220. The summed E-state index contributed by atoms with van der Waals surface area (Å²) in [5.74, 6) is -1.32. The Balaban J connectivity index is 1.92. The molecule has 0 aromatic carbocycles. The maximum atomic E-state index is 14.2. The van der Waals surface area contributed by atoms with Crippen molar-refractivity contribution in [1.82, 2.24) is 9.80 Å². The second-order valence-electron chi connectivity index (χ2n) is 6.59. The summed E-state index contributed by atoms with van der Waals surface area (Å²) in [5, 5.41) is 0. The predicted molar refractivity (Wildman–Crippen MR) is 70.0 cm³/mol. The van der Waals surface area contributed by atoms with E-state index in [2.05, 4.69) is 13.8 Å². The van der Waals surface area contributed by atoms with Gasteiger partial charge in [0, 0.05) is 25.7 Å². The summed E-state index contributed by atoms with van der Waals surface area (Å²) in [5.41, 5.74) is 0. The highest BCUT2D eigenvalue weighted by molar-refractivity contribution is 4.98. The SMILES string of the molecule is CC(C)C1CN([C@@H]2CCN(C(C)C)CC2(F)F)C1. The maximum Gasteiger partial charge on any atom is 0.275 e. The summed E-state index contributed by atoms with van der Waals surface area (Å²) in [6.07, 6.45) is 0.607. The van der Waals surface area contributed by atoms with E-state index in [1.807, 2.05) is 23.6 Å². The van der Waals surface area contributed by atoms with Crippen LogP contribution in [0.1, 0.15) is 34.1 Å². The zero-order chi connectivity index (χ0) is 13.5. The molecule has 4 heteroatoms. The second-order valence-corrected chi connectivity index (χ2v) is 6.59. The summed E-state index contributed by atoms with van der Waals surface area (Å²) < 4.78 is 28.4. The molecule has 2 saturated heterocycles. The minimum atomic E-state index is -2.55. The standard InChI is InChI=1S/C14H26F2N2/c1-10(2)12-7-18(8-12)13-5-6-17(11(3)4)9-14(13,15)16/h10-13H,5-9H2,1-4H3/t13-/m1/s1. The van der Waals surface area contributed by atoms with Crippen molar-refractivity contribution in [3.8, 4) is 0 Å². The van der Waals surface area contributed by atoms with Gasteiger partial charge in [-0.25, -0.2) is 8.78 Å². The zero-order valence-electron chi connectivity index (χ0n) is 12.0. The summed E-state index contributed by atoms with van der Waals surface area (Å²) in [6.45, 7) is 10.8. The van der Waals surface area contributed by atoms with Crippen molar-refractivity contribution in [2.75, 3.05) is 26.2 Å². The van der Waals surface area contributed by atoms with Crippen LogP contribution in [0.4, 0.5) is 8.78 Å². The lowest BCUT2D eigenvalue weighted by Gasteiger charge is -2.51. The van der Waals surface area contributed by atoms with E-state index in [9.17, 15) is 8.78 Å². The predicted octanol–water partition coefficient (Wildman–Crippen LogP) is 2.69. The molecule has 2 fully saturated rings. The van der Waals surface area contributed by atoms with E-state index in [1.54, 1.807) is 0 Å². The molecule has 0 radical (unpaired) electrons. The van der Waals surface area contributed by atoms with Crippen molar-refractivity contribution in [2.45, 2.75) is 52.1 Å². The fourth-order valence-electron chi connectivity index (χ4n) is 3.07. The smallest absolute Gasteiger partial charge is 0.275 e. The van der Waals surface area contributed by atoms with Crippen LogP contribution in [0.15, 0.2) is 0 Å². The number of hydrogen-bond donors (Lipinski definition) is 0. The topological polar surface area (TPSA) is 6.48 Å². The molecule has 0 aromatic heterocycles. The number of hydrogen-bond acceptors (Lipinski definition) is 2. The highest BCUT2D eigenvalue weighted by Crippen LogP contribution is 2.37. The molecule has 0 bridgehead atoms. The summed E-state index contributed by atoms with van der Waals surface area (Å²) >= 11 is 0. The minimum Gasteiger partial charge on any atom is -0.295 e. The highest BCUT2D eigenvalue weighted by atomic mass is 19.3. The van der Waals surface area contributed by atoms with Crippen molar-refractivity contribution in [2.24, 2.45) is 11.8 Å². The molecule has 2 rings (SSSR count). The van der Waals surface area contributed by atoms with Crippen molar-refractivity contribution in [3.05, 3.63) is 0 Å². The van der Waals surface area contributed by atoms with Crippen LogP contribution in [0.25, 0.3) is 0 Å². The first-order valence-corrected chi connectivity index (χ1v) is 7.17. The van der Waals surface area contributed by atoms with Crippen LogP contribution in [0.5, 0.6) is 0 Å². The molecule has 1 atom stereocenters. The van der Waals surface area contributed by atoms with Gasteiger partial charge in [0.2, 0.25) is 0 Å². The van der Waals surface area contributed by atoms with Gasteiger partial charge in [-0.05, 0) is 32.1 Å². The summed E-state index contributed by atoms with van der Waals surface area (Å²) in [7, 11) is 0. The average molecular weight is 260 g/mol. The van der Waals surface area contributed by atoms with Gasteiger partial charge in [-0.15, -0.1) is 0 Å². The molecule has 0 aromatic rings. The van der Waals surface area contributed by atoms with Gasteiger partial charge >= 0.3 is 0 Å². The van der Waals surface area contributed by atoms with Crippen LogP contribution in [0.2, 0.25) is 0 Å². The van der Waals surface area contributed by atoms with E-state index in [4.69, 9.17) is 0 Å². The zero-order valence-corrected chi connectivity index (χ0v) is 12.0. The fraction of sp³-hybridized carbons (Fsp3) is 1.00. The first kappa shape index (κ1) is 14.2. The van der Waals surface area contributed by atoms with Crippen LogP contribution >= 0.6 is 0 Å². The largest absolute Gasteiger partial charge is 0.295 e. The summed E-state index contributed by atoms with van der Waals surface area (Å²) in [4.78, 5) is 3.90. The van der Waals surface area contributed by atoms with Crippen LogP contribution in [0, 0.1) is 11.8 Å². The average Bonchev–Trinajstić information content (AvgIpc) is 2.16. The van der Waals surface area contributed by atoms with E-state index in [-0.39, 0.29) is 12.6 Å². The Bertz CT molecular complexity index is 286. The van der Waals surface area contributed by atoms with Gasteiger partial charge in [0.05, 0.1) is 12.6 Å². The molecule has 0 unspecified atom stereocenters. The third kappa shape index (κ3) is 2.69. The van der Waals surface area contributed by atoms with E-state index in [1.165, 1.54) is 0 Å². The quantitative estimate of drug-likeness (QED) is 0.770. The molecular formula is C14H26F2N2. The normalized spacial score (nSPS) is 31.0. The van der Waals surface area contributed by atoms with Crippen LogP contribution < -0.4 is 0 Å². The molecule has 0 spiro atoms. The third-order valence-electron chi connectivity index (χ3n) is 4.64. The molecule has 18 heavy (non-hydrogen) atoms. The molecule has 0 aliphatic carbocycles. The Morgan fingerprint density at radius 3 is 2.17 bits per heavy atom. The van der Waals surface area contributed by atoms with Crippen molar-refractivity contribution < 1.29 is 8.78 Å². The van der Waals surface area contributed by atoms with Crippen LogP contribution in [0.3, 0.4) is 0 Å². The third-order valence-corrected chi connectivity index (χ3v) is 4.64. The maximum absolute atomic E-state index is 14.2. The van der Waals surface area contributed by atoms with E-state index >= 15 is 0 Å². The molecule has 0 N–H and O–H groups in total. The second kappa shape index (κ2) is 5.04. The first-order valence-electron chi connectivity index (χ1n) is 7.17. The molecule has 2 heterocycles. The number of piperidine rings is 1. The Morgan fingerprint density at radius 1 is 1.11 bits per heavy atom. The Labute approximate surface area is 109 Å². The Morgan fingerprint density at radius 2 is 1.72 bits per heavy atom. The highest BCUT2D eigenvalue weighted by Gasteiger charge is 2.50. The van der Waals surface area contributed by atoms with Gasteiger partial charge in [-0.2, -0.15) is 0 Å². The minimum absolute atomic E-state index is 0.0713. The van der Waals surface area contributed by atoms with Crippen LogP contribution in [-0.2, 0) is 0 Å². The number of nitrogens with zero attached hydrogens (tertiary/aromatic N) is 2. The number of alkyl halides is 2. The summed E-state index contributed by atoms with van der Waals surface area (Å²) in [6, 6.07) is -0.306. The Kier molecular flexibility index (Phi) is 3.98. The number of likely N-dealkylation sites (tertiary alicyclic amines) is 2. The lowest BCUT2D eigenvalue weighted by Crippen LogP contribution is -2.65. The molecule has 0 amide bonds. The van der Waals surface area contributed by atoms with Gasteiger partial charge in [-0.3, -0.25) is 9.80 Å². The lowest BCUT2D eigenvalue weighted by atomic mass is 9.84. The molecule has 2 aliphatic rings. The first-order chi connectivity index (χ1) is 8.31. The van der Waals surface area contributed by atoms with Crippen molar-refractivity contribution in [1.29, 1.82) is 0 Å². The number of halogens is 2. The molecular weight excluding hydrogens is 234 g/mol. The van der Waals surface area contributed by atoms with Crippen LogP contribution in [-0.4, -0.2) is 54.0 Å². The molecule has 106 valence electrons. The molecule has 2 nitrogen and oxygen atoms in total. The van der Waals surface area contributed by atoms with Gasteiger partial charge in [0.1, 0.15) is 0 Å². The fourth-order valence-corrected chi connectivity index (χ4v) is 3.07. The van der Waals surface area contributed by atoms with Gasteiger partial charge in [-0.1, -0.05) is 13.8 Å². The van der Waals surface area contributed by atoms with Gasteiger partial charge in [0.15, 0.2) is 0 Å². The van der Waals surface area contributed by atoms with Crippen molar-refractivity contribution >= 4 is 0 Å². The molecule has 2 aliphatic heterocycles. The monoisotopic (exact) mass is 260 g/mol. The van der Waals surface area contributed by atoms with Gasteiger partial charge < -0.3 is 0 Å². The van der Waals surface area contributed by atoms with E-state index in [0.29, 0.717) is 18.3 Å². The van der Waals surface area contributed by atoms with E-state index in [0.717, 1.165) is 19.6 Å². The lowest BCUT2D eigenvalue weighted by molar-refractivity contribution is -0.156.